The van der Waals surface area contributed by atoms with Gasteiger partial charge in [-0.05, 0) is 49.6 Å². The standard InChI is InChI=1S/C25H23ClN4O3/c1-16-8-7-13-30-22(16)29-24(33-21-12-6-5-11-20(21)26)19(25(30)32)14-17(15-27)23(31)28-18-9-3-2-4-10-18/h5-8,11-14,18H,2-4,9-10H2,1H3,(H,28,31). The van der Waals surface area contributed by atoms with E-state index in [1.54, 1.807) is 36.5 Å². The number of nitriles is 1. The SMILES string of the molecule is Cc1cccn2c(=O)c(C=C(C#N)C(=O)NC3CCCCC3)c(Oc3ccccc3Cl)nc12. The maximum absolute atomic E-state index is 13.4. The number of hydrogen-bond donors (Lipinski definition) is 1. The van der Waals surface area contributed by atoms with Gasteiger partial charge in [0.05, 0.1) is 5.02 Å². The Morgan fingerprint density at radius 3 is 2.73 bits per heavy atom. The maximum atomic E-state index is 13.4. The van der Waals surface area contributed by atoms with Crippen molar-refractivity contribution in [2.45, 2.75) is 45.1 Å². The van der Waals surface area contributed by atoms with Crippen LogP contribution in [0.2, 0.25) is 5.02 Å². The fourth-order valence-corrected chi connectivity index (χ4v) is 4.10. The summed E-state index contributed by atoms with van der Waals surface area (Å²) in [6, 6.07) is 12.3. The van der Waals surface area contributed by atoms with Crippen LogP contribution >= 0.6 is 11.6 Å². The molecule has 1 aliphatic carbocycles. The van der Waals surface area contributed by atoms with Gasteiger partial charge < -0.3 is 10.1 Å². The number of amides is 1. The molecule has 0 atom stereocenters. The summed E-state index contributed by atoms with van der Waals surface area (Å²) in [5.41, 5.74) is 0.532. The second kappa shape index (κ2) is 9.88. The summed E-state index contributed by atoms with van der Waals surface area (Å²) in [4.78, 5) is 30.7. The van der Waals surface area contributed by atoms with Gasteiger partial charge in [-0.25, -0.2) is 0 Å². The molecule has 3 aromatic rings. The lowest BCUT2D eigenvalue weighted by molar-refractivity contribution is -0.117. The van der Waals surface area contributed by atoms with Crippen molar-refractivity contribution < 1.29 is 9.53 Å². The average Bonchev–Trinajstić information content (AvgIpc) is 2.82. The van der Waals surface area contributed by atoms with Crippen molar-refractivity contribution >= 4 is 29.2 Å². The fraction of sp³-hybridized carbons (Fsp3) is 0.280. The van der Waals surface area contributed by atoms with Gasteiger partial charge in [-0.3, -0.25) is 14.0 Å². The number of carbonyl (C=O) groups excluding carboxylic acids is 1. The van der Waals surface area contributed by atoms with Crippen LogP contribution in [-0.4, -0.2) is 21.3 Å². The molecule has 2 aromatic heterocycles. The molecule has 168 valence electrons. The summed E-state index contributed by atoms with van der Waals surface area (Å²) < 4.78 is 7.29. The molecule has 1 fully saturated rings. The Morgan fingerprint density at radius 2 is 2.00 bits per heavy atom. The van der Waals surface area contributed by atoms with Crippen LogP contribution in [0, 0.1) is 18.3 Å². The van der Waals surface area contributed by atoms with Crippen LogP contribution in [0.15, 0.2) is 53.0 Å². The Bertz CT molecular complexity index is 1330. The van der Waals surface area contributed by atoms with E-state index < -0.39 is 11.5 Å². The molecule has 33 heavy (non-hydrogen) atoms. The van der Waals surface area contributed by atoms with Crippen LogP contribution in [0.3, 0.4) is 0 Å². The van der Waals surface area contributed by atoms with Crippen LogP contribution in [0.5, 0.6) is 11.6 Å². The minimum Gasteiger partial charge on any atom is -0.437 e. The third kappa shape index (κ3) is 4.91. The summed E-state index contributed by atoms with van der Waals surface area (Å²) >= 11 is 6.24. The maximum Gasteiger partial charge on any atom is 0.269 e. The van der Waals surface area contributed by atoms with Gasteiger partial charge in [0, 0.05) is 12.2 Å². The molecule has 1 N–H and O–H groups in total. The molecular weight excluding hydrogens is 440 g/mol. The Labute approximate surface area is 196 Å². The third-order valence-corrected chi connectivity index (χ3v) is 6.00. The van der Waals surface area contributed by atoms with Gasteiger partial charge in [0.2, 0.25) is 5.88 Å². The highest BCUT2D eigenvalue weighted by atomic mass is 35.5. The van der Waals surface area contributed by atoms with Crippen molar-refractivity contribution in [3.8, 4) is 17.7 Å². The lowest BCUT2D eigenvalue weighted by Crippen LogP contribution is -2.36. The molecule has 7 nitrogen and oxygen atoms in total. The van der Waals surface area contributed by atoms with Crippen LogP contribution in [-0.2, 0) is 4.79 Å². The van der Waals surface area contributed by atoms with Crippen LogP contribution in [0.25, 0.3) is 11.7 Å². The number of benzene rings is 1. The van der Waals surface area contributed by atoms with Gasteiger partial charge in [0.25, 0.3) is 11.5 Å². The molecule has 0 saturated heterocycles. The van der Waals surface area contributed by atoms with E-state index in [0.29, 0.717) is 16.4 Å². The second-order valence-electron chi connectivity index (χ2n) is 8.03. The van der Waals surface area contributed by atoms with E-state index in [1.807, 2.05) is 19.1 Å². The molecule has 1 aromatic carbocycles. The number of para-hydroxylation sites is 1. The summed E-state index contributed by atoms with van der Waals surface area (Å²) in [5.74, 6) is -0.230. The highest BCUT2D eigenvalue weighted by molar-refractivity contribution is 6.32. The summed E-state index contributed by atoms with van der Waals surface area (Å²) in [6.45, 7) is 1.83. The predicted octanol–water partition coefficient (Wildman–Crippen LogP) is 4.80. The zero-order valence-corrected chi connectivity index (χ0v) is 18.9. The molecule has 0 unspecified atom stereocenters. The summed E-state index contributed by atoms with van der Waals surface area (Å²) in [7, 11) is 0. The van der Waals surface area contributed by atoms with E-state index >= 15 is 0 Å². The number of nitrogens with zero attached hydrogens (tertiary/aromatic N) is 3. The van der Waals surface area contributed by atoms with E-state index in [1.165, 1.54) is 10.5 Å². The van der Waals surface area contributed by atoms with E-state index in [4.69, 9.17) is 16.3 Å². The zero-order valence-electron chi connectivity index (χ0n) is 18.2. The quantitative estimate of drug-likeness (QED) is 0.433. The number of pyridine rings is 1. The Balaban J connectivity index is 1.81. The van der Waals surface area contributed by atoms with Crippen LogP contribution < -0.4 is 15.6 Å². The number of aryl methyl sites for hydroxylation is 1. The first-order valence-electron chi connectivity index (χ1n) is 10.8. The van der Waals surface area contributed by atoms with E-state index in [0.717, 1.165) is 37.7 Å². The Kier molecular flexibility index (Phi) is 6.76. The van der Waals surface area contributed by atoms with Crippen molar-refractivity contribution in [1.29, 1.82) is 5.26 Å². The van der Waals surface area contributed by atoms with Crippen molar-refractivity contribution in [3.05, 3.63) is 74.7 Å². The smallest absolute Gasteiger partial charge is 0.269 e. The van der Waals surface area contributed by atoms with E-state index in [2.05, 4.69) is 10.3 Å². The molecule has 0 bridgehead atoms. The lowest BCUT2D eigenvalue weighted by Gasteiger charge is -2.22. The zero-order chi connectivity index (χ0) is 23.4. The van der Waals surface area contributed by atoms with E-state index in [-0.39, 0.29) is 23.1 Å². The van der Waals surface area contributed by atoms with Gasteiger partial charge in [0.1, 0.15) is 28.6 Å². The monoisotopic (exact) mass is 462 g/mol. The minimum absolute atomic E-state index is 0.00614. The molecule has 0 spiro atoms. The molecule has 4 rings (SSSR count). The Morgan fingerprint density at radius 1 is 1.24 bits per heavy atom. The topological polar surface area (TPSA) is 96.5 Å². The second-order valence-corrected chi connectivity index (χ2v) is 8.44. The van der Waals surface area contributed by atoms with Crippen LogP contribution in [0.1, 0.15) is 43.2 Å². The highest BCUT2D eigenvalue weighted by Gasteiger charge is 2.21. The lowest BCUT2D eigenvalue weighted by atomic mass is 9.95. The first-order valence-corrected chi connectivity index (χ1v) is 11.2. The average molecular weight is 463 g/mol. The number of rotatable bonds is 5. The molecule has 1 saturated carbocycles. The van der Waals surface area contributed by atoms with Crippen molar-refractivity contribution in [3.63, 3.8) is 0 Å². The molecular formula is C25H23ClN4O3. The first kappa shape index (κ1) is 22.6. The van der Waals surface area contributed by atoms with Gasteiger partial charge in [-0.2, -0.15) is 10.2 Å². The third-order valence-electron chi connectivity index (χ3n) is 5.69. The number of fused-ring (bicyclic) bond motifs is 1. The molecule has 1 aliphatic rings. The molecule has 0 radical (unpaired) electrons. The first-order chi connectivity index (χ1) is 16.0. The largest absolute Gasteiger partial charge is 0.437 e. The molecule has 8 heteroatoms. The number of halogens is 1. The molecule has 0 aliphatic heterocycles. The van der Waals surface area contributed by atoms with Crippen LogP contribution in [0.4, 0.5) is 0 Å². The molecule has 1 amide bonds. The number of carbonyl (C=O) groups is 1. The number of ether oxygens (including phenoxy) is 1. The summed E-state index contributed by atoms with van der Waals surface area (Å²) in [5, 5.41) is 12.9. The fourth-order valence-electron chi connectivity index (χ4n) is 3.93. The highest BCUT2D eigenvalue weighted by Crippen LogP contribution is 2.30. The number of nitrogens with one attached hydrogen (secondary N) is 1. The van der Waals surface area contributed by atoms with Crippen molar-refractivity contribution in [1.82, 2.24) is 14.7 Å². The minimum atomic E-state index is -0.512. The molecule has 2 heterocycles. The van der Waals surface area contributed by atoms with Gasteiger partial charge >= 0.3 is 0 Å². The number of hydrogen-bond acceptors (Lipinski definition) is 5. The number of aromatic nitrogens is 2. The predicted molar refractivity (Wildman–Crippen MR) is 126 cm³/mol. The van der Waals surface area contributed by atoms with E-state index in [9.17, 15) is 14.9 Å². The Hall–Kier alpha value is -3.63. The van der Waals surface area contributed by atoms with Crippen molar-refractivity contribution in [2.24, 2.45) is 0 Å². The van der Waals surface area contributed by atoms with Gasteiger partial charge in [0.15, 0.2) is 0 Å². The van der Waals surface area contributed by atoms with Crippen molar-refractivity contribution in [2.75, 3.05) is 0 Å². The van der Waals surface area contributed by atoms with Gasteiger partial charge in [-0.1, -0.05) is 49.1 Å². The summed E-state index contributed by atoms with van der Waals surface area (Å²) in [6.07, 6.45) is 7.82. The normalized spacial score (nSPS) is 14.6. The van der Waals surface area contributed by atoms with Gasteiger partial charge in [-0.15, -0.1) is 0 Å².